The molecule has 0 aliphatic heterocycles. The summed E-state index contributed by atoms with van der Waals surface area (Å²) < 4.78 is 6.04. The Morgan fingerprint density at radius 1 is 1.47 bits per heavy atom. The van der Waals surface area contributed by atoms with Crippen LogP contribution in [0.4, 0.5) is 0 Å². The molecule has 1 aromatic rings. The Labute approximate surface area is 117 Å². The van der Waals surface area contributed by atoms with Crippen LogP contribution in [0, 0.1) is 5.41 Å². The molecule has 0 spiro atoms. The second-order valence-electron chi connectivity index (χ2n) is 6.56. The van der Waals surface area contributed by atoms with Gasteiger partial charge in [-0.05, 0) is 38.1 Å². The predicted octanol–water partition coefficient (Wildman–Crippen LogP) is 4.42. The van der Waals surface area contributed by atoms with Gasteiger partial charge in [0.15, 0.2) is 0 Å². The zero-order chi connectivity index (χ0) is 13.9. The lowest BCUT2D eigenvalue weighted by Gasteiger charge is -2.37. The Hall–Kier alpha value is -0.830. The fourth-order valence-electron chi connectivity index (χ4n) is 3.13. The lowest BCUT2D eigenvalue weighted by Crippen LogP contribution is -2.25. The first-order valence-corrected chi connectivity index (χ1v) is 7.73. The van der Waals surface area contributed by atoms with Gasteiger partial charge in [-0.15, -0.1) is 0 Å². The van der Waals surface area contributed by atoms with Crippen molar-refractivity contribution < 1.29 is 4.42 Å². The lowest BCUT2D eigenvalue weighted by atomic mass is 9.68. The molecule has 1 N–H and O–H groups in total. The molecule has 0 aromatic carbocycles. The maximum atomic E-state index is 6.04. The Morgan fingerprint density at radius 3 is 2.95 bits per heavy atom. The Kier molecular flexibility index (Phi) is 4.67. The van der Waals surface area contributed by atoms with Gasteiger partial charge in [0, 0.05) is 5.92 Å². The molecule has 2 atom stereocenters. The number of oxazole rings is 1. The normalized spacial score (nSPS) is 24.3. The first-order valence-electron chi connectivity index (χ1n) is 7.73. The molecule has 2 rings (SSSR count). The molecule has 1 fully saturated rings. The van der Waals surface area contributed by atoms with Gasteiger partial charge in [0.25, 0.3) is 0 Å². The van der Waals surface area contributed by atoms with Gasteiger partial charge in [0.2, 0.25) is 5.89 Å². The predicted molar refractivity (Wildman–Crippen MR) is 78.2 cm³/mol. The van der Waals surface area contributed by atoms with Crippen molar-refractivity contribution in [2.24, 2.45) is 5.41 Å². The molecule has 0 saturated heterocycles. The van der Waals surface area contributed by atoms with Gasteiger partial charge in [-0.2, -0.15) is 0 Å². The van der Waals surface area contributed by atoms with Gasteiger partial charge < -0.3 is 9.73 Å². The molecule has 19 heavy (non-hydrogen) atoms. The average molecular weight is 264 g/mol. The van der Waals surface area contributed by atoms with Gasteiger partial charge in [-0.25, -0.2) is 4.98 Å². The summed E-state index contributed by atoms with van der Waals surface area (Å²) in [6.45, 7) is 10.0. The van der Waals surface area contributed by atoms with Gasteiger partial charge in [0.05, 0.1) is 12.2 Å². The molecule has 1 heterocycles. The minimum atomic E-state index is 0.209. The molecular weight excluding hydrogens is 236 g/mol. The van der Waals surface area contributed by atoms with Crippen LogP contribution in [0.5, 0.6) is 0 Å². The van der Waals surface area contributed by atoms with Crippen molar-refractivity contribution in [2.75, 3.05) is 6.54 Å². The Balaban J connectivity index is 2.07. The second-order valence-corrected chi connectivity index (χ2v) is 6.56. The highest BCUT2D eigenvalue weighted by Crippen LogP contribution is 2.46. The molecular formula is C16H28N2O. The van der Waals surface area contributed by atoms with Gasteiger partial charge in [-0.1, -0.05) is 33.6 Å². The Bertz CT molecular complexity index is 397. The summed E-state index contributed by atoms with van der Waals surface area (Å²) in [6, 6.07) is 0.209. The molecule has 3 nitrogen and oxygen atoms in total. The monoisotopic (exact) mass is 264 g/mol. The highest BCUT2D eigenvalue weighted by atomic mass is 16.4. The van der Waals surface area contributed by atoms with Crippen molar-refractivity contribution in [1.29, 1.82) is 0 Å². The maximum absolute atomic E-state index is 6.04. The highest BCUT2D eigenvalue weighted by molar-refractivity contribution is 5.09. The van der Waals surface area contributed by atoms with Crippen LogP contribution in [0.1, 0.15) is 83.4 Å². The molecule has 1 aliphatic rings. The quantitative estimate of drug-likeness (QED) is 0.855. The van der Waals surface area contributed by atoms with E-state index in [1.165, 1.54) is 25.7 Å². The van der Waals surface area contributed by atoms with Gasteiger partial charge >= 0.3 is 0 Å². The van der Waals surface area contributed by atoms with Crippen LogP contribution in [-0.4, -0.2) is 11.5 Å². The zero-order valence-corrected chi connectivity index (χ0v) is 12.8. The van der Waals surface area contributed by atoms with Crippen LogP contribution >= 0.6 is 0 Å². The Morgan fingerprint density at radius 2 is 2.26 bits per heavy atom. The smallest absolute Gasteiger partial charge is 0.211 e. The van der Waals surface area contributed by atoms with Crippen molar-refractivity contribution in [3.63, 3.8) is 0 Å². The fourth-order valence-corrected chi connectivity index (χ4v) is 3.13. The lowest BCUT2D eigenvalue weighted by molar-refractivity contribution is 0.175. The van der Waals surface area contributed by atoms with E-state index in [9.17, 15) is 0 Å². The minimum absolute atomic E-state index is 0.209. The number of rotatable bonds is 5. The van der Waals surface area contributed by atoms with E-state index in [1.807, 2.05) is 6.20 Å². The summed E-state index contributed by atoms with van der Waals surface area (Å²) in [4.78, 5) is 4.48. The molecule has 1 aromatic heterocycles. The standard InChI is InChI=1S/C16H28N2O/c1-5-10-17-12(2)15-18-11-14(19-15)13-8-6-7-9-16(13,3)4/h11-13,17H,5-10H2,1-4H3. The van der Waals surface area contributed by atoms with Crippen LogP contribution in [0.3, 0.4) is 0 Å². The summed E-state index contributed by atoms with van der Waals surface area (Å²) >= 11 is 0. The van der Waals surface area contributed by atoms with Crippen LogP contribution in [0.2, 0.25) is 0 Å². The van der Waals surface area contributed by atoms with E-state index >= 15 is 0 Å². The average Bonchev–Trinajstić information content (AvgIpc) is 2.84. The van der Waals surface area contributed by atoms with E-state index in [1.54, 1.807) is 0 Å². The number of nitrogens with one attached hydrogen (secondary N) is 1. The summed E-state index contributed by atoms with van der Waals surface area (Å²) in [5.41, 5.74) is 0.342. The fraction of sp³-hybridized carbons (Fsp3) is 0.812. The molecule has 3 heteroatoms. The number of hydrogen-bond donors (Lipinski definition) is 1. The van der Waals surface area contributed by atoms with Crippen LogP contribution in [-0.2, 0) is 0 Å². The van der Waals surface area contributed by atoms with Crippen molar-refractivity contribution in [3.8, 4) is 0 Å². The SMILES string of the molecule is CCCNC(C)c1ncc(C2CCCCC2(C)C)o1. The number of hydrogen-bond acceptors (Lipinski definition) is 3. The third kappa shape index (κ3) is 3.38. The first-order chi connectivity index (χ1) is 9.04. The maximum Gasteiger partial charge on any atom is 0.211 e. The van der Waals surface area contributed by atoms with E-state index in [-0.39, 0.29) is 6.04 Å². The van der Waals surface area contributed by atoms with Crippen molar-refractivity contribution in [1.82, 2.24) is 10.3 Å². The van der Waals surface area contributed by atoms with E-state index < -0.39 is 0 Å². The van der Waals surface area contributed by atoms with Crippen LogP contribution in [0.15, 0.2) is 10.6 Å². The molecule has 0 bridgehead atoms. The summed E-state index contributed by atoms with van der Waals surface area (Å²) in [5.74, 6) is 2.45. The first kappa shape index (κ1) is 14.6. The van der Waals surface area contributed by atoms with E-state index in [4.69, 9.17) is 4.42 Å². The molecule has 108 valence electrons. The summed E-state index contributed by atoms with van der Waals surface area (Å²) in [5, 5.41) is 3.43. The highest BCUT2D eigenvalue weighted by Gasteiger charge is 2.35. The van der Waals surface area contributed by atoms with Gasteiger partial charge in [0.1, 0.15) is 5.76 Å². The van der Waals surface area contributed by atoms with Crippen LogP contribution < -0.4 is 5.32 Å². The van der Waals surface area contributed by atoms with E-state index in [0.717, 1.165) is 24.6 Å². The zero-order valence-electron chi connectivity index (χ0n) is 12.8. The molecule has 1 saturated carbocycles. The van der Waals surface area contributed by atoms with Crippen LogP contribution in [0.25, 0.3) is 0 Å². The van der Waals surface area contributed by atoms with E-state index in [0.29, 0.717) is 11.3 Å². The molecule has 2 unspecified atom stereocenters. The summed E-state index contributed by atoms with van der Waals surface area (Å²) in [6.07, 6.45) is 8.27. The van der Waals surface area contributed by atoms with Crippen molar-refractivity contribution in [3.05, 3.63) is 17.8 Å². The number of nitrogens with zero attached hydrogens (tertiary/aromatic N) is 1. The molecule has 1 aliphatic carbocycles. The third-order valence-electron chi connectivity index (χ3n) is 4.46. The topological polar surface area (TPSA) is 38.1 Å². The van der Waals surface area contributed by atoms with Crippen molar-refractivity contribution in [2.45, 2.75) is 71.8 Å². The largest absolute Gasteiger partial charge is 0.444 e. The van der Waals surface area contributed by atoms with E-state index in [2.05, 4.69) is 38.0 Å². The second kappa shape index (κ2) is 6.08. The number of aromatic nitrogens is 1. The summed E-state index contributed by atoms with van der Waals surface area (Å²) in [7, 11) is 0. The third-order valence-corrected chi connectivity index (χ3v) is 4.46. The minimum Gasteiger partial charge on any atom is -0.444 e. The molecule has 0 amide bonds. The molecule has 0 radical (unpaired) electrons. The van der Waals surface area contributed by atoms with Crippen molar-refractivity contribution >= 4 is 0 Å². The van der Waals surface area contributed by atoms with Gasteiger partial charge in [-0.3, -0.25) is 0 Å².